The fourth-order valence-electron chi connectivity index (χ4n) is 3.72. The van der Waals surface area contributed by atoms with Crippen LogP contribution in [0.2, 0.25) is 0 Å². The molecule has 23 heavy (non-hydrogen) atoms. The van der Waals surface area contributed by atoms with E-state index in [0.29, 0.717) is 0 Å². The molecule has 0 saturated carbocycles. The first-order valence-corrected chi connectivity index (χ1v) is 8.91. The zero-order valence-electron chi connectivity index (χ0n) is 14.1. The maximum Gasteiger partial charge on any atom is 0.219 e. The second-order valence-electron chi connectivity index (χ2n) is 6.89. The Hall–Kier alpha value is -1.39. The van der Waals surface area contributed by atoms with E-state index in [4.69, 9.17) is 0 Å². The van der Waals surface area contributed by atoms with Gasteiger partial charge in [-0.1, -0.05) is 18.2 Å². The SMILES string of the molecule is CC(=O)N1CCN(CCC(O)c2ccc3c(c2)CCCC3)CC1. The standard InChI is InChI=1S/C19H28N2O2/c1-15(22)21-12-10-20(11-13-21)9-8-19(23)18-7-6-16-4-2-3-5-17(16)14-18/h6-7,14,19,23H,2-5,8-13H2,1H3. The number of fused-ring (bicyclic) bond motifs is 1. The summed E-state index contributed by atoms with van der Waals surface area (Å²) in [6.45, 7) is 5.97. The number of carbonyl (C=O) groups excluding carboxylic acids is 1. The van der Waals surface area contributed by atoms with Gasteiger partial charge in [0.05, 0.1) is 6.10 Å². The van der Waals surface area contributed by atoms with Gasteiger partial charge in [-0.05, 0) is 48.8 Å². The Kier molecular flexibility index (Phi) is 5.34. The third kappa shape index (κ3) is 4.12. The quantitative estimate of drug-likeness (QED) is 0.926. The minimum Gasteiger partial charge on any atom is -0.388 e. The number of piperazine rings is 1. The summed E-state index contributed by atoms with van der Waals surface area (Å²) in [5.74, 6) is 0.166. The highest BCUT2D eigenvalue weighted by molar-refractivity contribution is 5.73. The first kappa shape index (κ1) is 16.5. The average Bonchev–Trinajstić information content (AvgIpc) is 2.59. The van der Waals surface area contributed by atoms with Gasteiger partial charge < -0.3 is 10.0 Å². The Bertz CT molecular complexity index is 550. The van der Waals surface area contributed by atoms with E-state index in [1.54, 1.807) is 6.92 Å². The number of nitrogens with zero attached hydrogens (tertiary/aromatic N) is 2. The van der Waals surface area contributed by atoms with Crippen molar-refractivity contribution in [2.75, 3.05) is 32.7 Å². The van der Waals surface area contributed by atoms with Gasteiger partial charge in [0.1, 0.15) is 0 Å². The lowest BCUT2D eigenvalue weighted by molar-refractivity contribution is -0.130. The number of hydrogen-bond acceptors (Lipinski definition) is 3. The smallest absolute Gasteiger partial charge is 0.219 e. The van der Waals surface area contributed by atoms with Gasteiger partial charge in [-0.2, -0.15) is 0 Å². The molecule has 1 aliphatic carbocycles. The fraction of sp³-hybridized carbons (Fsp3) is 0.632. The van der Waals surface area contributed by atoms with Gasteiger partial charge in [-0.3, -0.25) is 9.69 Å². The normalized spacial score (nSPS) is 20.2. The highest BCUT2D eigenvalue weighted by Crippen LogP contribution is 2.26. The summed E-state index contributed by atoms with van der Waals surface area (Å²) < 4.78 is 0. The van der Waals surface area contributed by atoms with Gasteiger partial charge >= 0.3 is 0 Å². The Morgan fingerprint density at radius 3 is 2.52 bits per heavy atom. The summed E-state index contributed by atoms with van der Waals surface area (Å²) >= 11 is 0. The lowest BCUT2D eigenvalue weighted by Crippen LogP contribution is -2.48. The molecule has 0 spiro atoms. The summed E-state index contributed by atoms with van der Waals surface area (Å²) in [7, 11) is 0. The van der Waals surface area contributed by atoms with E-state index in [2.05, 4.69) is 23.1 Å². The second-order valence-corrected chi connectivity index (χ2v) is 6.89. The molecule has 1 atom stereocenters. The molecule has 1 unspecified atom stereocenters. The molecule has 0 radical (unpaired) electrons. The lowest BCUT2D eigenvalue weighted by Gasteiger charge is -2.34. The molecule has 126 valence electrons. The fourth-order valence-corrected chi connectivity index (χ4v) is 3.72. The van der Waals surface area contributed by atoms with Crippen molar-refractivity contribution in [3.8, 4) is 0 Å². The summed E-state index contributed by atoms with van der Waals surface area (Å²) in [6, 6.07) is 6.52. The largest absolute Gasteiger partial charge is 0.388 e. The first-order valence-electron chi connectivity index (χ1n) is 8.91. The van der Waals surface area contributed by atoms with E-state index in [1.165, 1.54) is 30.4 Å². The number of aliphatic hydroxyl groups is 1. The molecule has 0 bridgehead atoms. The third-order valence-corrected chi connectivity index (χ3v) is 5.29. The Balaban J connectivity index is 1.50. The minimum atomic E-state index is -0.381. The molecule has 1 saturated heterocycles. The van der Waals surface area contributed by atoms with Crippen molar-refractivity contribution >= 4 is 5.91 Å². The van der Waals surface area contributed by atoms with Crippen molar-refractivity contribution < 1.29 is 9.90 Å². The van der Waals surface area contributed by atoms with Crippen LogP contribution in [0, 0.1) is 0 Å². The molecule has 4 nitrogen and oxygen atoms in total. The van der Waals surface area contributed by atoms with E-state index in [-0.39, 0.29) is 12.0 Å². The van der Waals surface area contributed by atoms with Gasteiger partial charge in [0.2, 0.25) is 5.91 Å². The van der Waals surface area contributed by atoms with E-state index >= 15 is 0 Å². The first-order chi connectivity index (χ1) is 11.1. The molecule has 3 rings (SSSR count). The predicted octanol–water partition coefficient (Wildman–Crippen LogP) is 2.15. The number of rotatable bonds is 4. The van der Waals surface area contributed by atoms with Crippen molar-refractivity contribution in [2.45, 2.75) is 45.1 Å². The molecule has 1 fully saturated rings. The van der Waals surface area contributed by atoms with E-state index < -0.39 is 0 Å². The van der Waals surface area contributed by atoms with Crippen LogP contribution in [0.25, 0.3) is 0 Å². The maximum absolute atomic E-state index is 11.3. The van der Waals surface area contributed by atoms with E-state index in [0.717, 1.165) is 51.1 Å². The van der Waals surface area contributed by atoms with Crippen molar-refractivity contribution in [1.29, 1.82) is 0 Å². The van der Waals surface area contributed by atoms with E-state index in [1.807, 2.05) is 4.90 Å². The molecular weight excluding hydrogens is 288 g/mol. The molecule has 0 aromatic heterocycles. The minimum absolute atomic E-state index is 0.166. The van der Waals surface area contributed by atoms with Gasteiger partial charge in [0, 0.05) is 39.6 Å². The van der Waals surface area contributed by atoms with Crippen LogP contribution in [0.1, 0.15) is 49.0 Å². The van der Waals surface area contributed by atoms with Crippen molar-refractivity contribution in [3.05, 3.63) is 34.9 Å². The summed E-state index contributed by atoms with van der Waals surface area (Å²) in [5.41, 5.74) is 3.96. The third-order valence-electron chi connectivity index (χ3n) is 5.29. The van der Waals surface area contributed by atoms with Crippen LogP contribution < -0.4 is 0 Å². The van der Waals surface area contributed by atoms with Crippen LogP contribution in [0.3, 0.4) is 0 Å². The Morgan fingerprint density at radius 1 is 1.13 bits per heavy atom. The molecule has 1 heterocycles. The predicted molar refractivity (Wildman–Crippen MR) is 91.4 cm³/mol. The number of amides is 1. The highest BCUT2D eigenvalue weighted by atomic mass is 16.3. The van der Waals surface area contributed by atoms with Crippen molar-refractivity contribution in [2.24, 2.45) is 0 Å². The van der Waals surface area contributed by atoms with Gasteiger partial charge in [-0.25, -0.2) is 0 Å². The zero-order chi connectivity index (χ0) is 16.2. The molecule has 1 aliphatic heterocycles. The molecule has 1 aromatic carbocycles. The molecule has 4 heteroatoms. The Labute approximate surface area is 139 Å². The molecule has 2 aliphatic rings. The molecular formula is C19H28N2O2. The zero-order valence-corrected chi connectivity index (χ0v) is 14.1. The van der Waals surface area contributed by atoms with E-state index in [9.17, 15) is 9.90 Å². The van der Waals surface area contributed by atoms with Crippen LogP contribution in [0.4, 0.5) is 0 Å². The topological polar surface area (TPSA) is 43.8 Å². The average molecular weight is 316 g/mol. The summed E-state index contributed by atoms with van der Waals surface area (Å²) in [5, 5.41) is 10.5. The molecule has 1 aromatic rings. The lowest BCUT2D eigenvalue weighted by atomic mass is 9.89. The van der Waals surface area contributed by atoms with Gasteiger partial charge in [-0.15, -0.1) is 0 Å². The number of benzene rings is 1. The van der Waals surface area contributed by atoms with Crippen LogP contribution >= 0.6 is 0 Å². The molecule has 1 N–H and O–H groups in total. The number of aryl methyl sites for hydroxylation is 2. The van der Waals surface area contributed by atoms with Gasteiger partial charge in [0.25, 0.3) is 0 Å². The van der Waals surface area contributed by atoms with Crippen molar-refractivity contribution in [3.63, 3.8) is 0 Å². The maximum atomic E-state index is 11.3. The Morgan fingerprint density at radius 2 is 1.83 bits per heavy atom. The van der Waals surface area contributed by atoms with Crippen molar-refractivity contribution in [1.82, 2.24) is 9.80 Å². The van der Waals surface area contributed by atoms with Crippen LogP contribution in [-0.4, -0.2) is 53.5 Å². The monoisotopic (exact) mass is 316 g/mol. The number of aliphatic hydroxyl groups excluding tert-OH is 1. The second kappa shape index (κ2) is 7.45. The summed E-state index contributed by atoms with van der Waals surface area (Å²) in [6.07, 6.45) is 5.29. The molecule has 1 amide bonds. The van der Waals surface area contributed by atoms with Gasteiger partial charge in [0.15, 0.2) is 0 Å². The number of hydrogen-bond donors (Lipinski definition) is 1. The summed E-state index contributed by atoms with van der Waals surface area (Å²) in [4.78, 5) is 15.6. The van der Waals surface area contributed by atoms with Crippen LogP contribution in [-0.2, 0) is 17.6 Å². The van der Waals surface area contributed by atoms with Crippen LogP contribution in [0.5, 0.6) is 0 Å². The van der Waals surface area contributed by atoms with Crippen LogP contribution in [0.15, 0.2) is 18.2 Å². The number of carbonyl (C=O) groups is 1. The highest BCUT2D eigenvalue weighted by Gasteiger charge is 2.20.